The lowest BCUT2D eigenvalue weighted by atomic mass is 10.2. The normalized spacial score (nSPS) is 11.3. The lowest BCUT2D eigenvalue weighted by Gasteiger charge is -2.23. The Hall–Kier alpha value is -0.980. The third kappa shape index (κ3) is 6.02. The summed E-state index contributed by atoms with van der Waals surface area (Å²) in [5, 5.41) is 3.38. The monoisotopic (exact) mass is 366 g/mol. The zero-order valence-electron chi connectivity index (χ0n) is 12.6. The first-order valence-corrected chi connectivity index (χ1v) is 9.55. The van der Waals surface area contributed by atoms with E-state index in [-0.39, 0.29) is 24.0 Å². The highest BCUT2D eigenvalue weighted by Gasteiger charge is 2.20. The molecule has 0 unspecified atom stereocenters. The molecule has 0 aromatic heterocycles. The molecule has 0 heterocycles. The van der Waals surface area contributed by atoms with Crippen LogP contribution < -0.4 is 9.62 Å². The third-order valence-corrected chi connectivity index (χ3v) is 4.69. The Kier molecular flexibility index (Phi) is 7.45. The number of hydrogen-bond acceptors (Lipinski definition) is 3. The molecule has 0 radical (unpaired) electrons. The molecule has 22 heavy (non-hydrogen) atoms. The van der Waals surface area contributed by atoms with Gasteiger partial charge in [-0.2, -0.15) is 0 Å². The van der Waals surface area contributed by atoms with E-state index in [1.165, 1.54) is 6.07 Å². The van der Waals surface area contributed by atoms with Crippen molar-refractivity contribution in [3.05, 3.63) is 28.2 Å². The van der Waals surface area contributed by atoms with E-state index in [9.17, 15) is 13.2 Å². The van der Waals surface area contributed by atoms with Gasteiger partial charge >= 0.3 is 0 Å². The molecule has 8 heteroatoms. The quantitative estimate of drug-likeness (QED) is 0.768. The lowest BCUT2D eigenvalue weighted by Crippen LogP contribution is -2.38. The van der Waals surface area contributed by atoms with Crippen molar-refractivity contribution in [3.63, 3.8) is 0 Å². The second kappa shape index (κ2) is 8.60. The number of hydrogen-bond donors (Lipinski definition) is 1. The van der Waals surface area contributed by atoms with Crippen LogP contribution in [0.4, 0.5) is 5.69 Å². The molecule has 1 N–H and O–H groups in total. The van der Waals surface area contributed by atoms with Crippen LogP contribution in [0.15, 0.2) is 18.2 Å². The molecule has 0 spiro atoms. The molecule has 1 rings (SSSR count). The summed E-state index contributed by atoms with van der Waals surface area (Å²) in [6, 6.07) is 4.60. The predicted molar refractivity (Wildman–Crippen MR) is 91.2 cm³/mol. The van der Waals surface area contributed by atoms with Gasteiger partial charge in [0.2, 0.25) is 15.9 Å². The lowest BCUT2D eigenvalue weighted by molar-refractivity contribution is -0.121. The van der Waals surface area contributed by atoms with Crippen LogP contribution in [-0.4, -0.2) is 33.7 Å². The standard InChI is InChI=1S/C14H20Cl2N2O3S/c1-3-4-5-14(19)17-8-9-18(22(2,20)21)13-7-6-11(15)10-12(13)16/h6-7,10H,3-5,8-9H2,1-2H3,(H,17,19). The summed E-state index contributed by atoms with van der Waals surface area (Å²) < 4.78 is 25.0. The van der Waals surface area contributed by atoms with Gasteiger partial charge in [0.15, 0.2) is 0 Å². The van der Waals surface area contributed by atoms with Crippen molar-refractivity contribution in [2.45, 2.75) is 26.2 Å². The van der Waals surface area contributed by atoms with Crippen molar-refractivity contribution >= 4 is 44.8 Å². The number of benzene rings is 1. The van der Waals surface area contributed by atoms with Crippen molar-refractivity contribution in [2.75, 3.05) is 23.7 Å². The molecule has 0 aliphatic rings. The van der Waals surface area contributed by atoms with Crippen LogP contribution in [0.1, 0.15) is 26.2 Å². The Bertz CT molecular complexity index is 621. The Labute approximate surface area is 141 Å². The number of nitrogens with one attached hydrogen (secondary N) is 1. The van der Waals surface area contributed by atoms with Crippen LogP contribution in [0, 0.1) is 0 Å². The van der Waals surface area contributed by atoms with E-state index < -0.39 is 10.0 Å². The van der Waals surface area contributed by atoms with Gasteiger partial charge < -0.3 is 5.32 Å². The first-order valence-electron chi connectivity index (χ1n) is 6.95. The minimum Gasteiger partial charge on any atom is -0.354 e. The molecule has 0 fully saturated rings. The van der Waals surface area contributed by atoms with Gasteiger partial charge in [-0.05, 0) is 24.6 Å². The number of amides is 1. The SMILES string of the molecule is CCCCC(=O)NCCN(c1ccc(Cl)cc1Cl)S(C)(=O)=O. The number of halogens is 2. The second-order valence-corrected chi connectivity index (χ2v) is 7.63. The highest BCUT2D eigenvalue weighted by atomic mass is 35.5. The van der Waals surface area contributed by atoms with Crippen molar-refractivity contribution < 1.29 is 13.2 Å². The van der Waals surface area contributed by atoms with Crippen molar-refractivity contribution in [2.24, 2.45) is 0 Å². The van der Waals surface area contributed by atoms with Gasteiger partial charge in [-0.3, -0.25) is 9.10 Å². The summed E-state index contributed by atoms with van der Waals surface area (Å²) >= 11 is 11.9. The van der Waals surface area contributed by atoms with Gasteiger partial charge in [0, 0.05) is 18.0 Å². The molecule has 124 valence electrons. The fourth-order valence-electron chi connectivity index (χ4n) is 1.87. The van der Waals surface area contributed by atoms with Gasteiger partial charge in [0.05, 0.1) is 23.5 Å². The minimum absolute atomic E-state index is 0.0856. The van der Waals surface area contributed by atoms with Gasteiger partial charge in [-0.15, -0.1) is 0 Å². The first-order chi connectivity index (χ1) is 10.3. The molecule has 0 atom stereocenters. The Morgan fingerprint density at radius 1 is 1.32 bits per heavy atom. The molecule has 1 aromatic rings. The average Bonchev–Trinajstić information content (AvgIpc) is 2.41. The maximum absolute atomic E-state index is 11.9. The van der Waals surface area contributed by atoms with E-state index in [2.05, 4.69) is 5.32 Å². The highest BCUT2D eigenvalue weighted by molar-refractivity contribution is 7.92. The molecule has 1 aromatic carbocycles. The fourth-order valence-corrected chi connectivity index (χ4v) is 3.37. The van der Waals surface area contributed by atoms with E-state index in [4.69, 9.17) is 23.2 Å². The van der Waals surface area contributed by atoms with Crippen molar-refractivity contribution in [3.8, 4) is 0 Å². The van der Waals surface area contributed by atoms with E-state index in [1.807, 2.05) is 6.92 Å². The van der Waals surface area contributed by atoms with Crippen LogP contribution in [0.3, 0.4) is 0 Å². The number of carbonyl (C=O) groups excluding carboxylic acids is 1. The molecule has 0 saturated carbocycles. The zero-order chi connectivity index (χ0) is 16.8. The number of rotatable bonds is 8. The Morgan fingerprint density at radius 2 is 2.00 bits per heavy atom. The molecular weight excluding hydrogens is 347 g/mol. The molecule has 0 aliphatic carbocycles. The number of nitrogens with zero attached hydrogens (tertiary/aromatic N) is 1. The van der Waals surface area contributed by atoms with Crippen LogP contribution in [-0.2, 0) is 14.8 Å². The number of sulfonamides is 1. The summed E-state index contributed by atoms with van der Waals surface area (Å²) in [5.41, 5.74) is 0.344. The fraction of sp³-hybridized carbons (Fsp3) is 0.500. The third-order valence-electron chi connectivity index (χ3n) is 2.97. The molecule has 1 amide bonds. The first kappa shape index (κ1) is 19.1. The van der Waals surface area contributed by atoms with Gasteiger partial charge in [0.1, 0.15) is 0 Å². The highest BCUT2D eigenvalue weighted by Crippen LogP contribution is 2.30. The Morgan fingerprint density at radius 3 is 2.55 bits per heavy atom. The number of anilines is 1. The van der Waals surface area contributed by atoms with Crippen LogP contribution in [0.25, 0.3) is 0 Å². The smallest absolute Gasteiger partial charge is 0.232 e. The Balaban J connectivity index is 2.77. The summed E-state index contributed by atoms with van der Waals surface area (Å²) in [5.74, 6) is -0.0856. The van der Waals surface area contributed by atoms with Gasteiger partial charge in [-0.25, -0.2) is 8.42 Å². The van der Waals surface area contributed by atoms with E-state index in [0.29, 0.717) is 17.1 Å². The molecule has 5 nitrogen and oxygen atoms in total. The number of unbranched alkanes of at least 4 members (excludes halogenated alkanes) is 1. The summed E-state index contributed by atoms with van der Waals surface area (Å²) in [6.07, 6.45) is 3.28. The summed E-state index contributed by atoms with van der Waals surface area (Å²) in [6.45, 7) is 2.33. The van der Waals surface area contributed by atoms with Gasteiger partial charge in [0.25, 0.3) is 0 Å². The molecular formula is C14H20Cl2N2O3S. The van der Waals surface area contributed by atoms with Gasteiger partial charge in [-0.1, -0.05) is 36.5 Å². The minimum atomic E-state index is -3.51. The number of carbonyl (C=O) groups is 1. The topological polar surface area (TPSA) is 66.5 Å². The predicted octanol–water partition coefficient (Wildman–Crippen LogP) is 3.07. The maximum Gasteiger partial charge on any atom is 0.232 e. The van der Waals surface area contributed by atoms with E-state index in [0.717, 1.165) is 23.4 Å². The maximum atomic E-state index is 11.9. The zero-order valence-corrected chi connectivity index (χ0v) is 14.9. The molecule has 0 aliphatic heterocycles. The van der Waals surface area contributed by atoms with Crippen LogP contribution in [0.2, 0.25) is 10.0 Å². The summed E-state index contributed by atoms with van der Waals surface area (Å²) in [4.78, 5) is 11.6. The average molecular weight is 367 g/mol. The van der Waals surface area contributed by atoms with E-state index in [1.54, 1.807) is 12.1 Å². The van der Waals surface area contributed by atoms with E-state index >= 15 is 0 Å². The second-order valence-electron chi connectivity index (χ2n) is 4.88. The van der Waals surface area contributed by atoms with Crippen molar-refractivity contribution in [1.82, 2.24) is 5.32 Å². The molecule has 0 saturated heterocycles. The summed E-state index contributed by atoms with van der Waals surface area (Å²) in [7, 11) is -3.51. The molecule has 0 bridgehead atoms. The van der Waals surface area contributed by atoms with Crippen molar-refractivity contribution in [1.29, 1.82) is 0 Å². The van der Waals surface area contributed by atoms with Crippen LogP contribution in [0.5, 0.6) is 0 Å². The largest absolute Gasteiger partial charge is 0.354 e. The van der Waals surface area contributed by atoms with Crippen LogP contribution >= 0.6 is 23.2 Å².